The molecule has 0 aliphatic heterocycles. The van der Waals surface area contributed by atoms with E-state index in [1.54, 1.807) is 24.3 Å². The normalized spacial score (nSPS) is 11.6. The summed E-state index contributed by atoms with van der Waals surface area (Å²) in [7, 11) is -3.63. The Hall–Kier alpha value is -1.44. The Labute approximate surface area is 132 Å². The summed E-state index contributed by atoms with van der Waals surface area (Å²) in [5, 5.41) is 8.54. The first-order chi connectivity index (χ1) is 10.4. The van der Waals surface area contributed by atoms with Gasteiger partial charge in [0.15, 0.2) is 0 Å². The van der Waals surface area contributed by atoms with Crippen LogP contribution in [-0.4, -0.2) is 36.9 Å². The Morgan fingerprint density at radius 1 is 1.18 bits per heavy atom. The third-order valence-corrected chi connectivity index (χ3v) is 5.30. The summed E-state index contributed by atoms with van der Waals surface area (Å²) in [6.07, 6.45) is 2.57. The largest absolute Gasteiger partial charge is 0.289 e. The zero-order valence-corrected chi connectivity index (χ0v) is 13.9. The topological polar surface area (TPSA) is 86.7 Å². The van der Waals surface area contributed by atoms with Crippen molar-refractivity contribution < 1.29 is 18.4 Å². The van der Waals surface area contributed by atoms with E-state index in [-0.39, 0.29) is 17.9 Å². The summed E-state index contributed by atoms with van der Waals surface area (Å²) in [5.74, 6) is -0.598. The lowest BCUT2D eigenvalue weighted by atomic mass is 10.2. The molecule has 6 nitrogen and oxygen atoms in total. The molecule has 0 spiro atoms. The lowest BCUT2D eigenvalue weighted by Gasteiger charge is -2.22. The fraction of sp³-hybridized carbons (Fsp3) is 0.533. The van der Waals surface area contributed by atoms with Crippen molar-refractivity contribution in [1.29, 1.82) is 0 Å². The third-order valence-electron chi connectivity index (χ3n) is 3.38. The third kappa shape index (κ3) is 5.40. The van der Waals surface area contributed by atoms with Gasteiger partial charge < -0.3 is 0 Å². The minimum absolute atomic E-state index is 0.0479. The molecule has 1 aromatic carbocycles. The van der Waals surface area contributed by atoms with Crippen LogP contribution in [0.3, 0.4) is 0 Å². The van der Waals surface area contributed by atoms with Crippen molar-refractivity contribution in [2.24, 2.45) is 0 Å². The quantitative estimate of drug-likeness (QED) is 0.413. The van der Waals surface area contributed by atoms with Crippen molar-refractivity contribution in [2.75, 3.05) is 13.1 Å². The van der Waals surface area contributed by atoms with Gasteiger partial charge in [0.1, 0.15) is 0 Å². The first-order valence-electron chi connectivity index (χ1n) is 7.41. The van der Waals surface area contributed by atoms with E-state index in [1.165, 1.54) is 9.79 Å². The number of hydrogen-bond donors (Lipinski definition) is 2. The lowest BCUT2D eigenvalue weighted by molar-refractivity contribution is -0.129. The minimum Gasteiger partial charge on any atom is -0.289 e. The molecule has 124 valence electrons. The molecule has 0 radical (unpaired) electrons. The van der Waals surface area contributed by atoms with Crippen molar-refractivity contribution in [3.05, 3.63) is 29.8 Å². The molecule has 0 atom stereocenters. The SMILES string of the molecule is CCCCCN(CCC(=O)NO)S(=O)(=O)c1ccc(C)cc1. The molecule has 1 aromatic rings. The van der Waals surface area contributed by atoms with Crippen molar-refractivity contribution in [3.8, 4) is 0 Å². The molecular formula is C15H24N2O4S. The molecule has 0 unspecified atom stereocenters. The Morgan fingerprint density at radius 3 is 2.36 bits per heavy atom. The van der Waals surface area contributed by atoms with Gasteiger partial charge in [0.05, 0.1) is 4.90 Å². The molecule has 0 aliphatic carbocycles. The van der Waals surface area contributed by atoms with Crippen molar-refractivity contribution in [3.63, 3.8) is 0 Å². The molecular weight excluding hydrogens is 304 g/mol. The second-order valence-electron chi connectivity index (χ2n) is 5.21. The summed E-state index contributed by atoms with van der Waals surface area (Å²) >= 11 is 0. The summed E-state index contributed by atoms with van der Waals surface area (Å²) in [6.45, 7) is 4.34. The van der Waals surface area contributed by atoms with Crippen LogP contribution in [0.15, 0.2) is 29.2 Å². The van der Waals surface area contributed by atoms with Crippen LogP contribution in [0.4, 0.5) is 0 Å². The van der Waals surface area contributed by atoms with Gasteiger partial charge in [-0.1, -0.05) is 37.5 Å². The van der Waals surface area contributed by atoms with Crippen LogP contribution in [0.1, 0.15) is 38.2 Å². The predicted octanol–water partition coefficient (Wildman–Crippen LogP) is 2.07. The Bertz CT molecular complexity index is 570. The maximum Gasteiger partial charge on any atom is 0.244 e. The molecule has 0 fully saturated rings. The van der Waals surface area contributed by atoms with E-state index in [2.05, 4.69) is 0 Å². The van der Waals surface area contributed by atoms with Crippen LogP contribution in [0, 0.1) is 6.92 Å². The molecule has 0 heterocycles. The highest BCUT2D eigenvalue weighted by Crippen LogP contribution is 2.17. The van der Waals surface area contributed by atoms with E-state index in [4.69, 9.17) is 5.21 Å². The molecule has 1 amide bonds. The number of sulfonamides is 1. The number of nitrogens with zero attached hydrogens (tertiary/aromatic N) is 1. The molecule has 0 aromatic heterocycles. The number of aryl methyl sites for hydroxylation is 1. The number of nitrogens with one attached hydrogen (secondary N) is 1. The number of hydroxylamine groups is 1. The van der Waals surface area contributed by atoms with Gasteiger partial charge in [0.25, 0.3) is 0 Å². The van der Waals surface area contributed by atoms with E-state index < -0.39 is 15.9 Å². The van der Waals surface area contributed by atoms with E-state index in [1.807, 2.05) is 13.8 Å². The molecule has 0 saturated heterocycles. The van der Waals surface area contributed by atoms with E-state index >= 15 is 0 Å². The zero-order valence-electron chi connectivity index (χ0n) is 13.1. The van der Waals surface area contributed by atoms with Crippen molar-refractivity contribution in [1.82, 2.24) is 9.79 Å². The molecule has 1 rings (SSSR count). The fourth-order valence-electron chi connectivity index (χ4n) is 2.03. The average Bonchev–Trinajstić information content (AvgIpc) is 2.50. The summed E-state index contributed by atoms with van der Waals surface area (Å²) in [4.78, 5) is 11.4. The van der Waals surface area contributed by atoms with Crippen LogP contribution in [0.2, 0.25) is 0 Å². The number of unbranched alkanes of at least 4 members (excludes halogenated alkanes) is 2. The highest BCUT2D eigenvalue weighted by molar-refractivity contribution is 7.89. The smallest absolute Gasteiger partial charge is 0.244 e. The first-order valence-corrected chi connectivity index (χ1v) is 8.85. The molecule has 2 N–H and O–H groups in total. The van der Waals surface area contributed by atoms with Gasteiger partial charge >= 0.3 is 0 Å². The maximum atomic E-state index is 12.7. The Kier molecular flexibility index (Phi) is 7.50. The molecule has 0 saturated carbocycles. The lowest BCUT2D eigenvalue weighted by Crippen LogP contribution is -2.35. The first kappa shape index (κ1) is 18.6. The van der Waals surface area contributed by atoms with Gasteiger partial charge in [0, 0.05) is 19.5 Å². The van der Waals surface area contributed by atoms with Crippen LogP contribution >= 0.6 is 0 Å². The van der Waals surface area contributed by atoms with Gasteiger partial charge in [-0.3, -0.25) is 10.0 Å². The van der Waals surface area contributed by atoms with Crippen LogP contribution < -0.4 is 5.48 Å². The van der Waals surface area contributed by atoms with Gasteiger partial charge in [0.2, 0.25) is 15.9 Å². The Balaban J connectivity index is 2.91. The number of benzene rings is 1. The highest BCUT2D eigenvalue weighted by atomic mass is 32.2. The fourth-order valence-corrected chi connectivity index (χ4v) is 3.51. The average molecular weight is 328 g/mol. The monoisotopic (exact) mass is 328 g/mol. The highest BCUT2D eigenvalue weighted by Gasteiger charge is 2.24. The van der Waals surface area contributed by atoms with Gasteiger partial charge in [-0.2, -0.15) is 4.31 Å². The van der Waals surface area contributed by atoms with Gasteiger partial charge in [-0.05, 0) is 25.5 Å². The minimum atomic E-state index is -3.63. The van der Waals surface area contributed by atoms with Gasteiger partial charge in [-0.15, -0.1) is 0 Å². The summed E-state index contributed by atoms with van der Waals surface area (Å²) in [5.41, 5.74) is 2.51. The van der Waals surface area contributed by atoms with E-state index in [0.29, 0.717) is 6.54 Å². The number of hydrogen-bond acceptors (Lipinski definition) is 4. The van der Waals surface area contributed by atoms with Crippen LogP contribution in [-0.2, 0) is 14.8 Å². The summed E-state index contributed by atoms with van der Waals surface area (Å²) in [6, 6.07) is 6.64. The van der Waals surface area contributed by atoms with E-state index in [0.717, 1.165) is 24.8 Å². The van der Waals surface area contributed by atoms with Crippen molar-refractivity contribution >= 4 is 15.9 Å². The van der Waals surface area contributed by atoms with Gasteiger partial charge in [-0.25, -0.2) is 13.9 Å². The maximum absolute atomic E-state index is 12.7. The Morgan fingerprint density at radius 2 is 1.82 bits per heavy atom. The number of amides is 1. The number of carbonyl (C=O) groups excluding carboxylic acids is 1. The molecule has 0 bridgehead atoms. The number of rotatable bonds is 9. The molecule has 22 heavy (non-hydrogen) atoms. The van der Waals surface area contributed by atoms with E-state index in [9.17, 15) is 13.2 Å². The summed E-state index contributed by atoms with van der Waals surface area (Å²) < 4.78 is 26.6. The molecule has 7 heteroatoms. The van der Waals surface area contributed by atoms with Crippen LogP contribution in [0.5, 0.6) is 0 Å². The zero-order chi connectivity index (χ0) is 16.6. The standard InChI is InChI=1S/C15H24N2O4S/c1-3-4-5-11-17(12-10-15(18)16-19)22(20,21)14-8-6-13(2)7-9-14/h6-9,19H,3-5,10-12H2,1-2H3,(H,16,18). The van der Waals surface area contributed by atoms with Crippen molar-refractivity contribution in [2.45, 2.75) is 44.4 Å². The predicted molar refractivity (Wildman–Crippen MR) is 84.0 cm³/mol. The molecule has 0 aliphatic rings. The number of carbonyl (C=O) groups is 1. The van der Waals surface area contributed by atoms with Crippen LogP contribution in [0.25, 0.3) is 0 Å². The second kappa shape index (κ2) is 8.87. The second-order valence-corrected chi connectivity index (χ2v) is 7.15.